The molecule has 4 aromatic rings. The van der Waals surface area contributed by atoms with Crippen molar-refractivity contribution in [2.75, 3.05) is 32.7 Å². The van der Waals surface area contributed by atoms with Crippen LogP contribution in [-0.4, -0.2) is 58.2 Å². The Kier molecular flexibility index (Phi) is 6.60. The van der Waals surface area contributed by atoms with Crippen LogP contribution in [0.25, 0.3) is 23.2 Å². The molecule has 0 aliphatic carbocycles. The molecule has 2 aromatic heterocycles. The molecule has 1 saturated heterocycles. The number of benzene rings is 2. The van der Waals surface area contributed by atoms with E-state index in [2.05, 4.69) is 34.3 Å². The largest absolute Gasteiger partial charge is 0.463 e. The third-order valence-corrected chi connectivity index (χ3v) is 6.16. The van der Waals surface area contributed by atoms with Crippen molar-refractivity contribution in [3.05, 3.63) is 101 Å². The molecule has 7 heteroatoms. The van der Waals surface area contributed by atoms with Crippen LogP contribution in [0.3, 0.4) is 0 Å². The van der Waals surface area contributed by atoms with Crippen molar-refractivity contribution < 1.29 is 9.21 Å². The quantitative estimate of drug-likeness (QED) is 0.384. The maximum Gasteiger partial charge on any atom is 0.272 e. The zero-order chi connectivity index (χ0) is 23.3. The minimum absolute atomic E-state index is 0.0419. The second-order valence-corrected chi connectivity index (χ2v) is 8.62. The molecule has 34 heavy (non-hydrogen) atoms. The first kappa shape index (κ1) is 22.2. The van der Waals surface area contributed by atoms with Gasteiger partial charge in [-0.1, -0.05) is 54.1 Å². The van der Waals surface area contributed by atoms with Gasteiger partial charge in [0.25, 0.3) is 5.91 Å². The molecule has 1 amide bonds. The van der Waals surface area contributed by atoms with Crippen LogP contribution in [0, 0.1) is 0 Å². The lowest BCUT2D eigenvalue weighted by Crippen LogP contribution is -2.49. The number of hydrogen-bond donors (Lipinski definition) is 0. The summed E-state index contributed by atoms with van der Waals surface area (Å²) >= 11 is 6.06. The SMILES string of the molecule is O=C(c1cc(-c2ccco2)nn1-c1ccc(Cl)cc1)N1CCN(CC=Cc2ccccc2)CC1. The molecule has 1 fully saturated rings. The smallest absolute Gasteiger partial charge is 0.272 e. The topological polar surface area (TPSA) is 54.5 Å². The van der Waals surface area contributed by atoms with Gasteiger partial charge in [0.2, 0.25) is 0 Å². The Morgan fingerprint density at radius 1 is 0.971 bits per heavy atom. The fourth-order valence-electron chi connectivity index (χ4n) is 4.05. The van der Waals surface area contributed by atoms with Gasteiger partial charge in [-0.15, -0.1) is 0 Å². The monoisotopic (exact) mass is 472 g/mol. The molecule has 0 bridgehead atoms. The van der Waals surface area contributed by atoms with Gasteiger partial charge < -0.3 is 9.32 Å². The summed E-state index contributed by atoms with van der Waals surface area (Å²) in [5, 5.41) is 5.30. The van der Waals surface area contributed by atoms with Gasteiger partial charge in [0.1, 0.15) is 11.4 Å². The number of aromatic nitrogens is 2. The number of halogens is 1. The van der Waals surface area contributed by atoms with Crippen molar-refractivity contribution in [3.8, 4) is 17.1 Å². The van der Waals surface area contributed by atoms with Crippen LogP contribution in [0.2, 0.25) is 5.02 Å². The van der Waals surface area contributed by atoms with E-state index in [4.69, 9.17) is 16.0 Å². The van der Waals surface area contributed by atoms with Crippen LogP contribution < -0.4 is 0 Å². The van der Waals surface area contributed by atoms with Crippen LogP contribution in [0.5, 0.6) is 0 Å². The van der Waals surface area contributed by atoms with Crippen LogP contribution in [0.1, 0.15) is 16.1 Å². The van der Waals surface area contributed by atoms with E-state index in [0.717, 1.165) is 25.3 Å². The van der Waals surface area contributed by atoms with Crippen molar-refractivity contribution >= 4 is 23.6 Å². The molecule has 0 unspecified atom stereocenters. The van der Waals surface area contributed by atoms with E-state index in [9.17, 15) is 4.79 Å². The lowest BCUT2D eigenvalue weighted by Gasteiger charge is -2.34. The molecule has 0 spiro atoms. The Bertz CT molecular complexity index is 1260. The molecule has 0 saturated carbocycles. The third kappa shape index (κ3) is 4.98. The van der Waals surface area contributed by atoms with E-state index < -0.39 is 0 Å². The van der Waals surface area contributed by atoms with E-state index in [1.165, 1.54) is 5.56 Å². The summed E-state index contributed by atoms with van der Waals surface area (Å²) in [5.74, 6) is 0.580. The Morgan fingerprint density at radius 3 is 2.44 bits per heavy atom. The summed E-state index contributed by atoms with van der Waals surface area (Å²) in [6.45, 7) is 3.85. The van der Waals surface area contributed by atoms with Crippen LogP contribution >= 0.6 is 11.6 Å². The fraction of sp³-hybridized carbons (Fsp3) is 0.185. The number of piperazine rings is 1. The highest BCUT2D eigenvalue weighted by molar-refractivity contribution is 6.30. The van der Waals surface area contributed by atoms with Crippen LogP contribution in [0.15, 0.2) is 89.6 Å². The average Bonchev–Trinajstić information content (AvgIpc) is 3.56. The molecule has 6 nitrogen and oxygen atoms in total. The summed E-state index contributed by atoms with van der Waals surface area (Å²) in [6, 6.07) is 23.0. The van der Waals surface area contributed by atoms with Gasteiger partial charge in [0, 0.05) is 43.8 Å². The molecule has 2 aromatic carbocycles. The van der Waals surface area contributed by atoms with Gasteiger partial charge in [0.05, 0.1) is 12.0 Å². The highest BCUT2D eigenvalue weighted by Crippen LogP contribution is 2.24. The second-order valence-electron chi connectivity index (χ2n) is 8.19. The Hall–Kier alpha value is -3.61. The van der Waals surface area contributed by atoms with E-state index in [-0.39, 0.29) is 5.91 Å². The summed E-state index contributed by atoms with van der Waals surface area (Å²) in [7, 11) is 0. The lowest BCUT2D eigenvalue weighted by molar-refractivity contribution is 0.0641. The van der Waals surface area contributed by atoms with Gasteiger partial charge in [-0.3, -0.25) is 9.69 Å². The highest BCUT2D eigenvalue weighted by Gasteiger charge is 2.26. The van der Waals surface area contributed by atoms with Crippen molar-refractivity contribution in [2.24, 2.45) is 0 Å². The van der Waals surface area contributed by atoms with E-state index >= 15 is 0 Å². The summed E-state index contributed by atoms with van der Waals surface area (Å²) < 4.78 is 7.19. The number of hydrogen-bond acceptors (Lipinski definition) is 4. The maximum absolute atomic E-state index is 13.5. The number of carbonyl (C=O) groups is 1. The molecule has 1 aliphatic rings. The minimum atomic E-state index is -0.0419. The molecule has 1 aliphatic heterocycles. The summed E-state index contributed by atoms with van der Waals surface area (Å²) in [4.78, 5) is 17.8. The van der Waals surface area contributed by atoms with Crippen LogP contribution in [-0.2, 0) is 0 Å². The molecule has 5 rings (SSSR count). The molecule has 172 valence electrons. The number of carbonyl (C=O) groups excluding carboxylic acids is 1. The van der Waals surface area contributed by atoms with Gasteiger partial charge in [-0.2, -0.15) is 5.10 Å². The Labute approximate surface area is 203 Å². The maximum atomic E-state index is 13.5. The average molecular weight is 473 g/mol. The highest BCUT2D eigenvalue weighted by atomic mass is 35.5. The van der Waals surface area contributed by atoms with Crippen molar-refractivity contribution in [1.29, 1.82) is 0 Å². The number of amides is 1. The second kappa shape index (κ2) is 10.1. The summed E-state index contributed by atoms with van der Waals surface area (Å²) in [6.07, 6.45) is 5.92. The molecule has 0 N–H and O–H groups in total. The third-order valence-electron chi connectivity index (χ3n) is 5.91. The number of furan rings is 1. The fourth-order valence-corrected chi connectivity index (χ4v) is 4.18. The standard InChI is InChI=1S/C27H25ClN4O2/c28-22-10-12-23(13-11-22)32-25(20-24(29-32)26-9-5-19-34-26)27(33)31-17-15-30(16-18-31)14-4-8-21-6-2-1-3-7-21/h1-13,19-20H,14-18H2. The van der Waals surface area contributed by atoms with Crippen molar-refractivity contribution in [1.82, 2.24) is 19.6 Å². The Morgan fingerprint density at radius 2 is 1.74 bits per heavy atom. The first-order chi connectivity index (χ1) is 16.7. The first-order valence-corrected chi connectivity index (χ1v) is 11.7. The summed E-state index contributed by atoms with van der Waals surface area (Å²) in [5.41, 5.74) is 3.09. The van der Waals surface area contributed by atoms with Crippen molar-refractivity contribution in [3.63, 3.8) is 0 Å². The van der Waals surface area contributed by atoms with Gasteiger partial charge in [-0.25, -0.2) is 4.68 Å². The molecule has 0 atom stereocenters. The normalized spacial score (nSPS) is 14.7. The van der Waals surface area contributed by atoms with E-state index in [1.807, 2.05) is 47.4 Å². The Balaban J connectivity index is 1.29. The first-order valence-electron chi connectivity index (χ1n) is 11.3. The molecule has 3 heterocycles. The van der Waals surface area contributed by atoms with E-state index in [0.29, 0.717) is 35.3 Å². The molecular formula is C27H25ClN4O2. The predicted molar refractivity (Wildman–Crippen MR) is 134 cm³/mol. The lowest BCUT2D eigenvalue weighted by atomic mass is 10.2. The predicted octanol–water partition coefficient (Wildman–Crippen LogP) is 5.26. The van der Waals surface area contributed by atoms with Crippen molar-refractivity contribution in [2.45, 2.75) is 0 Å². The van der Waals surface area contributed by atoms with Gasteiger partial charge in [-0.05, 0) is 42.0 Å². The zero-order valence-corrected chi connectivity index (χ0v) is 19.4. The minimum Gasteiger partial charge on any atom is -0.463 e. The number of nitrogens with zero attached hydrogens (tertiary/aromatic N) is 4. The molecule has 0 radical (unpaired) electrons. The van der Waals surface area contributed by atoms with Gasteiger partial charge in [0.15, 0.2) is 5.76 Å². The molecular weight excluding hydrogens is 448 g/mol. The van der Waals surface area contributed by atoms with E-state index in [1.54, 1.807) is 29.1 Å². The van der Waals surface area contributed by atoms with Gasteiger partial charge >= 0.3 is 0 Å². The number of rotatable bonds is 6. The zero-order valence-electron chi connectivity index (χ0n) is 18.7. The van der Waals surface area contributed by atoms with Crippen LogP contribution in [0.4, 0.5) is 0 Å².